The molecule has 1 heterocycles. The van der Waals surface area contributed by atoms with Gasteiger partial charge in [-0.3, -0.25) is 5.10 Å². The molecule has 0 fully saturated rings. The first-order valence-corrected chi connectivity index (χ1v) is 8.48. The lowest BCUT2D eigenvalue weighted by Crippen LogP contribution is -2.18. The van der Waals surface area contributed by atoms with Crippen LogP contribution >= 0.6 is 44.1 Å². The van der Waals surface area contributed by atoms with Crippen molar-refractivity contribution in [3.8, 4) is 5.75 Å². The summed E-state index contributed by atoms with van der Waals surface area (Å²) in [6.07, 6.45) is 1.87. The minimum Gasteiger partial charge on any atom is -0.495 e. The van der Waals surface area contributed by atoms with Gasteiger partial charge in [0.2, 0.25) is 4.77 Å². The number of nitrogens with one attached hydrogen (secondary N) is 2. The average molecular weight is 436 g/mol. The summed E-state index contributed by atoms with van der Waals surface area (Å²) in [6, 6.07) is 3.97. The molecule has 2 aromatic rings. The van der Waals surface area contributed by atoms with E-state index < -0.39 is 0 Å². The monoisotopic (exact) mass is 434 g/mol. The first-order valence-electron chi connectivity index (χ1n) is 6.48. The third-order valence-electron chi connectivity index (χ3n) is 2.93. The Kier molecular flexibility index (Phi) is 5.83. The highest BCUT2D eigenvalue weighted by Gasteiger charge is 2.11. The molecule has 8 heteroatoms. The van der Waals surface area contributed by atoms with Crippen molar-refractivity contribution in [3.63, 3.8) is 0 Å². The number of aryl methyl sites for hydroxylation is 1. The van der Waals surface area contributed by atoms with Crippen molar-refractivity contribution >= 4 is 44.1 Å². The van der Waals surface area contributed by atoms with Crippen LogP contribution in [0.3, 0.4) is 0 Å². The summed E-state index contributed by atoms with van der Waals surface area (Å²) >= 11 is 12.2. The predicted molar refractivity (Wildman–Crippen MR) is 92.9 cm³/mol. The molecule has 0 aliphatic rings. The van der Waals surface area contributed by atoms with Crippen LogP contribution in [0.15, 0.2) is 21.1 Å². The molecule has 0 saturated carbocycles. The Balaban J connectivity index is 2.24. The van der Waals surface area contributed by atoms with Crippen molar-refractivity contribution in [2.75, 3.05) is 12.5 Å². The van der Waals surface area contributed by atoms with Crippen LogP contribution in [0.25, 0.3) is 0 Å². The van der Waals surface area contributed by atoms with Gasteiger partial charge in [0.25, 0.3) is 0 Å². The number of benzene rings is 1. The van der Waals surface area contributed by atoms with E-state index in [1.54, 1.807) is 7.11 Å². The van der Waals surface area contributed by atoms with E-state index in [1.807, 2.05) is 16.8 Å². The molecular weight excluding hydrogens is 420 g/mol. The highest BCUT2D eigenvalue weighted by molar-refractivity contribution is 9.11. The summed E-state index contributed by atoms with van der Waals surface area (Å²) in [5.41, 5.74) is 4.31. The Morgan fingerprint density at radius 2 is 2.19 bits per heavy atom. The van der Waals surface area contributed by atoms with Gasteiger partial charge in [-0.15, -0.1) is 0 Å². The zero-order valence-corrected chi connectivity index (χ0v) is 15.7. The molecule has 0 aliphatic carbocycles. The van der Waals surface area contributed by atoms with E-state index in [4.69, 9.17) is 17.0 Å². The second-order valence-corrected chi connectivity index (χ2v) is 6.60. The average Bonchev–Trinajstić information content (AvgIpc) is 2.77. The second kappa shape index (κ2) is 7.42. The van der Waals surface area contributed by atoms with Gasteiger partial charge in [0.05, 0.1) is 18.1 Å². The maximum absolute atomic E-state index is 5.44. The van der Waals surface area contributed by atoms with Crippen molar-refractivity contribution in [1.29, 1.82) is 0 Å². The fourth-order valence-electron chi connectivity index (χ4n) is 2.02. The molecule has 21 heavy (non-hydrogen) atoms. The van der Waals surface area contributed by atoms with Gasteiger partial charge in [-0.2, -0.15) is 5.10 Å². The lowest BCUT2D eigenvalue weighted by molar-refractivity contribution is 0.407. The normalized spacial score (nSPS) is 10.7. The third kappa shape index (κ3) is 3.87. The van der Waals surface area contributed by atoms with Gasteiger partial charge < -0.3 is 10.2 Å². The smallest absolute Gasteiger partial charge is 0.214 e. The first-order chi connectivity index (χ1) is 10.1. The Labute approximate surface area is 145 Å². The van der Waals surface area contributed by atoms with Gasteiger partial charge in [0, 0.05) is 16.5 Å². The summed E-state index contributed by atoms with van der Waals surface area (Å²) in [6.45, 7) is 2.68. The highest BCUT2D eigenvalue weighted by Crippen LogP contribution is 2.32. The number of aromatic nitrogens is 3. The summed E-state index contributed by atoms with van der Waals surface area (Å²) in [5, 5.41) is 7.04. The van der Waals surface area contributed by atoms with Gasteiger partial charge >= 0.3 is 0 Å². The van der Waals surface area contributed by atoms with Crippen LogP contribution in [0.4, 0.5) is 0 Å². The van der Waals surface area contributed by atoms with Crippen LogP contribution in [-0.2, 0) is 13.0 Å². The van der Waals surface area contributed by atoms with Gasteiger partial charge in [-0.05, 0) is 46.7 Å². The number of halogens is 2. The molecule has 2 rings (SSSR count). The molecule has 1 aromatic carbocycles. The van der Waals surface area contributed by atoms with Crippen molar-refractivity contribution < 1.29 is 4.74 Å². The SMILES string of the molecule is CCCc1n[nH]c(=S)n1NCc1cc(Br)cc(Br)c1OC. The topological polar surface area (TPSA) is 54.9 Å². The van der Waals surface area contributed by atoms with Gasteiger partial charge in [-0.25, -0.2) is 4.68 Å². The van der Waals surface area contributed by atoms with E-state index in [9.17, 15) is 0 Å². The lowest BCUT2D eigenvalue weighted by Gasteiger charge is -2.14. The number of ether oxygens (including phenoxy) is 1. The van der Waals surface area contributed by atoms with Gasteiger partial charge in [0.1, 0.15) is 5.75 Å². The molecule has 0 spiro atoms. The molecule has 0 amide bonds. The number of methoxy groups -OCH3 is 1. The van der Waals surface area contributed by atoms with Crippen LogP contribution in [0.1, 0.15) is 24.7 Å². The quantitative estimate of drug-likeness (QED) is 0.668. The predicted octanol–water partition coefficient (Wildman–Crippen LogP) is 4.17. The van der Waals surface area contributed by atoms with Crippen molar-refractivity contribution in [1.82, 2.24) is 14.9 Å². The molecule has 0 atom stereocenters. The molecule has 0 unspecified atom stereocenters. The lowest BCUT2D eigenvalue weighted by atomic mass is 10.2. The largest absolute Gasteiger partial charge is 0.495 e. The van der Waals surface area contributed by atoms with Gasteiger partial charge in [0.15, 0.2) is 5.82 Å². The van der Waals surface area contributed by atoms with E-state index in [0.717, 1.165) is 38.9 Å². The Bertz CT molecular complexity index is 683. The van der Waals surface area contributed by atoms with E-state index in [-0.39, 0.29) is 0 Å². The maximum Gasteiger partial charge on any atom is 0.214 e. The zero-order valence-electron chi connectivity index (χ0n) is 11.7. The van der Waals surface area contributed by atoms with Crippen molar-refractivity contribution in [3.05, 3.63) is 37.2 Å². The van der Waals surface area contributed by atoms with E-state index >= 15 is 0 Å². The number of hydrogen-bond acceptors (Lipinski definition) is 4. The maximum atomic E-state index is 5.44. The fraction of sp³-hybridized carbons (Fsp3) is 0.385. The highest BCUT2D eigenvalue weighted by atomic mass is 79.9. The minimum atomic E-state index is 0.562. The summed E-state index contributed by atoms with van der Waals surface area (Å²) in [7, 11) is 1.66. The number of hydrogen-bond donors (Lipinski definition) is 2. The second-order valence-electron chi connectivity index (χ2n) is 4.45. The van der Waals surface area contributed by atoms with Crippen LogP contribution < -0.4 is 10.2 Å². The van der Waals surface area contributed by atoms with E-state index in [2.05, 4.69) is 54.4 Å². The van der Waals surface area contributed by atoms with E-state index in [1.165, 1.54) is 0 Å². The first kappa shape index (κ1) is 16.5. The molecule has 0 bridgehead atoms. The van der Waals surface area contributed by atoms with Crippen molar-refractivity contribution in [2.45, 2.75) is 26.3 Å². The zero-order chi connectivity index (χ0) is 15.4. The molecule has 0 saturated heterocycles. The molecule has 0 aliphatic heterocycles. The molecule has 5 nitrogen and oxygen atoms in total. The molecule has 0 radical (unpaired) electrons. The summed E-state index contributed by atoms with van der Waals surface area (Å²) < 4.78 is 9.70. The minimum absolute atomic E-state index is 0.562. The van der Waals surface area contributed by atoms with Crippen LogP contribution in [0.5, 0.6) is 5.75 Å². The van der Waals surface area contributed by atoms with Crippen LogP contribution in [0, 0.1) is 4.77 Å². The number of nitrogens with zero attached hydrogens (tertiary/aromatic N) is 2. The molecule has 114 valence electrons. The van der Waals surface area contributed by atoms with E-state index in [0.29, 0.717) is 11.3 Å². The summed E-state index contributed by atoms with van der Waals surface area (Å²) in [5.74, 6) is 1.70. The number of aromatic amines is 1. The Morgan fingerprint density at radius 1 is 1.43 bits per heavy atom. The molecular formula is C13H16Br2N4OS. The Morgan fingerprint density at radius 3 is 2.86 bits per heavy atom. The molecule has 2 N–H and O–H groups in total. The third-order valence-corrected chi connectivity index (χ3v) is 4.25. The molecule has 1 aromatic heterocycles. The number of H-pyrrole nitrogens is 1. The van der Waals surface area contributed by atoms with Crippen LogP contribution in [0.2, 0.25) is 0 Å². The number of rotatable bonds is 6. The van der Waals surface area contributed by atoms with Crippen LogP contribution in [-0.4, -0.2) is 22.0 Å². The fourth-order valence-corrected chi connectivity index (χ4v) is 3.71. The van der Waals surface area contributed by atoms with Crippen molar-refractivity contribution in [2.24, 2.45) is 0 Å². The standard InChI is InChI=1S/C13H16Br2N4OS/c1-3-4-11-17-18-13(21)19(11)16-7-8-5-9(14)6-10(15)12(8)20-2/h5-6,16H,3-4,7H2,1-2H3,(H,18,21). The summed E-state index contributed by atoms with van der Waals surface area (Å²) in [4.78, 5) is 0. The Hall–Kier alpha value is -0.860. The van der Waals surface area contributed by atoms with Gasteiger partial charge in [-0.1, -0.05) is 22.9 Å².